The molecule has 0 fully saturated rings. The molecule has 2 heteroatoms. The molecule has 0 bridgehead atoms. The highest BCUT2D eigenvalue weighted by molar-refractivity contribution is 5.48. The summed E-state index contributed by atoms with van der Waals surface area (Å²) in [7, 11) is 0. The molecule has 1 heterocycles. The number of benzene rings is 1. The minimum Gasteiger partial charge on any atom is -0.307 e. The summed E-state index contributed by atoms with van der Waals surface area (Å²) in [6, 6.07) is 14.7. The van der Waals surface area contributed by atoms with E-state index in [1.165, 1.54) is 11.1 Å². The molecule has 0 saturated carbocycles. The first kappa shape index (κ1) is 12.5. The van der Waals surface area contributed by atoms with Gasteiger partial charge >= 0.3 is 0 Å². The summed E-state index contributed by atoms with van der Waals surface area (Å²) >= 11 is 0. The van der Waals surface area contributed by atoms with Gasteiger partial charge in [0.05, 0.1) is 0 Å². The highest BCUT2D eigenvalue weighted by Crippen LogP contribution is 2.09. The SMILES string of the molecule is C[C@H](NC/C=C/c1ccccc1)c1cccnc1. The maximum atomic E-state index is 4.12. The van der Waals surface area contributed by atoms with Gasteiger partial charge in [-0.15, -0.1) is 0 Å². The fourth-order valence-corrected chi connectivity index (χ4v) is 1.75. The second-order valence-corrected chi connectivity index (χ2v) is 4.23. The van der Waals surface area contributed by atoms with Gasteiger partial charge in [0.25, 0.3) is 0 Å². The van der Waals surface area contributed by atoms with Gasteiger partial charge in [0, 0.05) is 25.0 Å². The quantitative estimate of drug-likeness (QED) is 0.863. The Balaban J connectivity index is 1.81. The lowest BCUT2D eigenvalue weighted by atomic mass is 10.1. The maximum absolute atomic E-state index is 4.12. The predicted octanol–water partition coefficient (Wildman–Crippen LogP) is 3.45. The van der Waals surface area contributed by atoms with Crippen molar-refractivity contribution in [2.24, 2.45) is 0 Å². The van der Waals surface area contributed by atoms with Crippen LogP contribution in [0.4, 0.5) is 0 Å². The lowest BCUT2D eigenvalue weighted by Crippen LogP contribution is -2.18. The normalized spacial score (nSPS) is 12.7. The summed E-state index contributed by atoms with van der Waals surface area (Å²) in [6.45, 7) is 3.00. The van der Waals surface area contributed by atoms with Crippen molar-refractivity contribution in [2.45, 2.75) is 13.0 Å². The third-order valence-corrected chi connectivity index (χ3v) is 2.84. The molecule has 1 aromatic heterocycles. The zero-order valence-electron chi connectivity index (χ0n) is 10.6. The van der Waals surface area contributed by atoms with Gasteiger partial charge in [-0.1, -0.05) is 48.6 Å². The molecular weight excluding hydrogens is 220 g/mol. The van der Waals surface area contributed by atoms with E-state index < -0.39 is 0 Å². The Hall–Kier alpha value is -1.93. The second-order valence-electron chi connectivity index (χ2n) is 4.23. The minimum atomic E-state index is 0.319. The Kier molecular flexibility index (Phi) is 4.68. The average molecular weight is 238 g/mol. The van der Waals surface area contributed by atoms with Crippen LogP contribution < -0.4 is 5.32 Å². The van der Waals surface area contributed by atoms with Crippen molar-refractivity contribution in [3.05, 3.63) is 72.1 Å². The topological polar surface area (TPSA) is 24.9 Å². The molecule has 0 aliphatic rings. The van der Waals surface area contributed by atoms with Crippen LogP contribution in [0.3, 0.4) is 0 Å². The standard InChI is InChI=1S/C16H18N2/c1-14(16-10-6-11-17-13-16)18-12-5-9-15-7-3-2-4-8-15/h2-11,13-14,18H,12H2,1H3/b9-5+/t14-/m0/s1. The van der Waals surface area contributed by atoms with Crippen LogP contribution in [0.1, 0.15) is 24.1 Å². The molecule has 2 nitrogen and oxygen atoms in total. The summed E-state index contributed by atoms with van der Waals surface area (Å²) in [5, 5.41) is 3.44. The Bertz CT molecular complexity index is 477. The Morgan fingerprint density at radius 2 is 2.00 bits per heavy atom. The number of aromatic nitrogens is 1. The predicted molar refractivity (Wildman–Crippen MR) is 76.1 cm³/mol. The number of rotatable bonds is 5. The number of hydrogen-bond donors (Lipinski definition) is 1. The van der Waals surface area contributed by atoms with E-state index in [0.717, 1.165) is 6.54 Å². The number of nitrogens with one attached hydrogen (secondary N) is 1. The van der Waals surface area contributed by atoms with E-state index in [1.807, 2.05) is 30.5 Å². The van der Waals surface area contributed by atoms with Gasteiger partial charge in [-0.2, -0.15) is 0 Å². The molecule has 0 radical (unpaired) electrons. The lowest BCUT2D eigenvalue weighted by molar-refractivity contribution is 0.616. The summed E-state index contributed by atoms with van der Waals surface area (Å²) in [6.07, 6.45) is 7.97. The van der Waals surface area contributed by atoms with E-state index in [2.05, 4.69) is 47.6 Å². The van der Waals surface area contributed by atoms with Crippen LogP contribution in [0, 0.1) is 0 Å². The van der Waals surface area contributed by atoms with E-state index in [4.69, 9.17) is 0 Å². The van der Waals surface area contributed by atoms with E-state index in [1.54, 1.807) is 6.20 Å². The first-order chi connectivity index (χ1) is 8.86. The first-order valence-corrected chi connectivity index (χ1v) is 6.21. The highest BCUT2D eigenvalue weighted by Gasteiger charge is 2.01. The molecule has 2 aromatic rings. The lowest BCUT2D eigenvalue weighted by Gasteiger charge is -2.11. The minimum absolute atomic E-state index is 0.319. The molecule has 1 aromatic carbocycles. The van der Waals surface area contributed by atoms with Crippen molar-refractivity contribution in [1.82, 2.24) is 10.3 Å². The van der Waals surface area contributed by atoms with Gasteiger partial charge in [0.2, 0.25) is 0 Å². The van der Waals surface area contributed by atoms with Crippen LogP contribution in [-0.4, -0.2) is 11.5 Å². The molecule has 0 amide bonds. The molecule has 18 heavy (non-hydrogen) atoms. The fourth-order valence-electron chi connectivity index (χ4n) is 1.75. The van der Waals surface area contributed by atoms with Crippen LogP contribution in [0.5, 0.6) is 0 Å². The van der Waals surface area contributed by atoms with Gasteiger partial charge < -0.3 is 5.32 Å². The van der Waals surface area contributed by atoms with Crippen LogP contribution in [0.15, 0.2) is 60.9 Å². The summed E-state index contributed by atoms with van der Waals surface area (Å²) in [4.78, 5) is 4.12. The highest BCUT2D eigenvalue weighted by atomic mass is 14.9. The average Bonchev–Trinajstić information content (AvgIpc) is 2.45. The molecule has 2 rings (SSSR count). The number of hydrogen-bond acceptors (Lipinski definition) is 2. The molecule has 0 unspecified atom stereocenters. The van der Waals surface area contributed by atoms with Crippen LogP contribution in [-0.2, 0) is 0 Å². The number of pyridine rings is 1. The van der Waals surface area contributed by atoms with Gasteiger partial charge in [0.15, 0.2) is 0 Å². The molecule has 0 aliphatic carbocycles. The molecular formula is C16H18N2. The molecule has 92 valence electrons. The second kappa shape index (κ2) is 6.72. The van der Waals surface area contributed by atoms with Crippen LogP contribution in [0.25, 0.3) is 6.08 Å². The fraction of sp³-hybridized carbons (Fsp3) is 0.188. The molecule has 0 saturated heterocycles. The van der Waals surface area contributed by atoms with Crippen molar-refractivity contribution < 1.29 is 0 Å². The van der Waals surface area contributed by atoms with Gasteiger partial charge in [-0.05, 0) is 24.1 Å². The van der Waals surface area contributed by atoms with Gasteiger partial charge in [0.1, 0.15) is 0 Å². The van der Waals surface area contributed by atoms with E-state index in [0.29, 0.717) is 6.04 Å². The Morgan fingerprint density at radius 1 is 1.17 bits per heavy atom. The van der Waals surface area contributed by atoms with Crippen LogP contribution >= 0.6 is 0 Å². The van der Waals surface area contributed by atoms with Gasteiger partial charge in [-0.25, -0.2) is 0 Å². The Labute approximate surface area is 108 Å². The van der Waals surface area contributed by atoms with E-state index in [-0.39, 0.29) is 0 Å². The molecule has 0 spiro atoms. The first-order valence-electron chi connectivity index (χ1n) is 6.21. The summed E-state index contributed by atoms with van der Waals surface area (Å²) in [5.41, 5.74) is 2.44. The van der Waals surface area contributed by atoms with E-state index in [9.17, 15) is 0 Å². The third-order valence-electron chi connectivity index (χ3n) is 2.84. The molecule has 1 atom stereocenters. The maximum Gasteiger partial charge on any atom is 0.0315 e. The summed E-state index contributed by atoms with van der Waals surface area (Å²) in [5.74, 6) is 0. The number of nitrogens with zero attached hydrogens (tertiary/aromatic N) is 1. The van der Waals surface area contributed by atoms with Crippen molar-refractivity contribution in [1.29, 1.82) is 0 Å². The molecule has 1 N–H and O–H groups in total. The zero-order valence-corrected chi connectivity index (χ0v) is 10.6. The monoisotopic (exact) mass is 238 g/mol. The Morgan fingerprint density at radius 3 is 2.72 bits per heavy atom. The smallest absolute Gasteiger partial charge is 0.0315 e. The zero-order chi connectivity index (χ0) is 12.6. The van der Waals surface area contributed by atoms with Crippen molar-refractivity contribution in [3.63, 3.8) is 0 Å². The van der Waals surface area contributed by atoms with E-state index >= 15 is 0 Å². The van der Waals surface area contributed by atoms with Crippen molar-refractivity contribution in [3.8, 4) is 0 Å². The van der Waals surface area contributed by atoms with Crippen molar-refractivity contribution in [2.75, 3.05) is 6.54 Å². The third kappa shape index (κ3) is 3.82. The van der Waals surface area contributed by atoms with Crippen LogP contribution in [0.2, 0.25) is 0 Å². The largest absolute Gasteiger partial charge is 0.307 e. The van der Waals surface area contributed by atoms with Gasteiger partial charge in [-0.3, -0.25) is 4.98 Å². The van der Waals surface area contributed by atoms with Crippen molar-refractivity contribution >= 4 is 6.08 Å². The summed E-state index contributed by atoms with van der Waals surface area (Å²) < 4.78 is 0. The molecule has 0 aliphatic heterocycles.